The highest BCUT2D eigenvalue weighted by molar-refractivity contribution is 7.19. The summed E-state index contributed by atoms with van der Waals surface area (Å²) in [7, 11) is 0. The second-order valence-electron chi connectivity index (χ2n) is 5.41. The number of alkyl halides is 3. The number of ether oxygens (including phenoxy) is 1. The molecule has 1 aromatic carbocycles. The molecule has 3 rings (SSSR count). The first-order valence-electron chi connectivity index (χ1n) is 7.57. The van der Waals surface area contributed by atoms with Gasteiger partial charge in [-0.25, -0.2) is 4.98 Å². The van der Waals surface area contributed by atoms with Crippen molar-refractivity contribution in [1.29, 1.82) is 0 Å². The van der Waals surface area contributed by atoms with E-state index in [0.717, 1.165) is 5.69 Å². The molecule has 136 valence electrons. The molecule has 26 heavy (non-hydrogen) atoms. The van der Waals surface area contributed by atoms with Gasteiger partial charge in [-0.2, -0.15) is 13.2 Å². The zero-order chi connectivity index (χ0) is 18.7. The molecule has 3 N–H and O–H groups in total. The molecule has 3 aromatic rings. The van der Waals surface area contributed by atoms with Crippen molar-refractivity contribution in [3.63, 3.8) is 0 Å². The molecule has 0 bridgehead atoms. The van der Waals surface area contributed by atoms with E-state index >= 15 is 0 Å². The predicted molar refractivity (Wildman–Crippen MR) is 95.8 cm³/mol. The summed E-state index contributed by atoms with van der Waals surface area (Å²) >= 11 is 1.27. The third-order valence-electron chi connectivity index (χ3n) is 3.44. The molecule has 0 spiro atoms. The van der Waals surface area contributed by atoms with Crippen LogP contribution in [0.4, 0.5) is 29.8 Å². The van der Waals surface area contributed by atoms with Crippen LogP contribution in [0.3, 0.4) is 0 Å². The van der Waals surface area contributed by atoms with Crippen molar-refractivity contribution in [2.24, 2.45) is 0 Å². The monoisotopic (exact) mass is 380 g/mol. The lowest BCUT2D eigenvalue weighted by atomic mass is 10.2. The number of benzene rings is 1. The van der Waals surface area contributed by atoms with E-state index in [1.165, 1.54) is 23.6 Å². The second-order valence-corrected chi connectivity index (χ2v) is 6.41. The number of rotatable bonds is 5. The van der Waals surface area contributed by atoms with Gasteiger partial charge in [0.1, 0.15) is 11.6 Å². The smallest absolute Gasteiger partial charge is 0.422 e. The van der Waals surface area contributed by atoms with Gasteiger partial charge >= 0.3 is 6.18 Å². The number of anilines is 3. The Kier molecular flexibility index (Phi) is 4.99. The Bertz CT molecular complexity index is 897. The Balaban J connectivity index is 1.87. The quantitative estimate of drug-likeness (QED) is 0.666. The molecule has 2 heterocycles. The number of para-hydroxylation sites is 1. The van der Waals surface area contributed by atoms with E-state index in [2.05, 4.69) is 15.3 Å². The number of nitrogens with two attached hydrogens (primary N) is 1. The van der Waals surface area contributed by atoms with Crippen molar-refractivity contribution in [3.8, 4) is 16.3 Å². The highest BCUT2D eigenvalue weighted by atomic mass is 32.1. The zero-order valence-electron chi connectivity index (χ0n) is 13.7. The Morgan fingerprint density at radius 3 is 2.62 bits per heavy atom. The molecule has 5 nitrogen and oxygen atoms in total. The van der Waals surface area contributed by atoms with Gasteiger partial charge in [0.2, 0.25) is 0 Å². The number of hydrogen-bond acceptors (Lipinski definition) is 6. The summed E-state index contributed by atoms with van der Waals surface area (Å²) in [4.78, 5) is 9.07. The SMILES string of the molecule is Cc1c(OCC(F)(F)F)ccnc1-c1sc(Nc2ccccc2)nc1N. The van der Waals surface area contributed by atoms with Crippen molar-refractivity contribution in [3.05, 3.63) is 48.2 Å². The average Bonchev–Trinajstić information content (AvgIpc) is 2.94. The van der Waals surface area contributed by atoms with Crippen molar-refractivity contribution < 1.29 is 17.9 Å². The largest absolute Gasteiger partial charge is 0.484 e. The number of pyridine rings is 1. The highest BCUT2D eigenvalue weighted by Crippen LogP contribution is 2.38. The van der Waals surface area contributed by atoms with Gasteiger partial charge in [-0.15, -0.1) is 0 Å². The van der Waals surface area contributed by atoms with Crippen LogP contribution in [-0.4, -0.2) is 22.8 Å². The fourth-order valence-corrected chi connectivity index (χ4v) is 3.22. The van der Waals surface area contributed by atoms with E-state index in [4.69, 9.17) is 10.5 Å². The van der Waals surface area contributed by atoms with Gasteiger partial charge in [0.15, 0.2) is 11.7 Å². The first kappa shape index (κ1) is 18.0. The summed E-state index contributed by atoms with van der Waals surface area (Å²) in [6.07, 6.45) is -3.02. The van der Waals surface area contributed by atoms with Gasteiger partial charge in [-0.1, -0.05) is 29.5 Å². The van der Waals surface area contributed by atoms with Crippen LogP contribution in [0.2, 0.25) is 0 Å². The van der Waals surface area contributed by atoms with Gasteiger partial charge in [0.25, 0.3) is 0 Å². The molecule has 0 amide bonds. The maximum atomic E-state index is 12.4. The maximum absolute atomic E-state index is 12.4. The molecule has 0 aliphatic carbocycles. The Morgan fingerprint density at radius 2 is 1.92 bits per heavy atom. The number of halogens is 3. The van der Waals surface area contributed by atoms with Gasteiger partial charge in [0, 0.05) is 17.4 Å². The summed E-state index contributed by atoms with van der Waals surface area (Å²) in [6, 6.07) is 10.8. The molecule has 0 saturated carbocycles. The van der Waals surface area contributed by atoms with Crippen molar-refractivity contribution in [2.75, 3.05) is 17.7 Å². The van der Waals surface area contributed by atoms with Crippen LogP contribution < -0.4 is 15.8 Å². The molecule has 0 aliphatic rings. The molecule has 0 aliphatic heterocycles. The molecule has 0 saturated heterocycles. The van der Waals surface area contributed by atoms with Crippen molar-refractivity contribution in [1.82, 2.24) is 9.97 Å². The zero-order valence-corrected chi connectivity index (χ0v) is 14.5. The molecule has 2 aromatic heterocycles. The first-order chi connectivity index (χ1) is 12.3. The van der Waals surface area contributed by atoms with Crippen LogP contribution >= 0.6 is 11.3 Å². The lowest BCUT2D eigenvalue weighted by Gasteiger charge is -2.12. The van der Waals surface area contributed by atoms with Crippen LogP contribution in [0.25, 0.3) is 10.6 Å². The van der Waals surface area contributed by atoms with Crippen LogP contribution in [-0.2, 0) is 0 Å². The summed E-state index contributed by atoms with van der Waals surface area (Å²) in [5, 5.41) is 3.70. The topological polar surface area (TPSA) is 73.1 Å². The van der Waals surface area contributed by atoms with Crippen LogP contribution in [0.5, 0.6) is 5.75 Å². The van der Waals surface area contributed by atoms with Gasteiger partial charge in [-0.05, 0) is 25.1 Å². The lowest BCUT2D eigenvalue weighted by molar-refractivity contribution is -0.153. The molecule has 9 heteroatoms. The van der Waals surface area contributed by atoms with E-state index in [1.807, 2.05) is 30.3 Å². The first-order valence-corrected chi connectivity index (χ1v) is 8.39. The fraction of sp³-hybridized carbons (Fsp3) is 0.176. The molecular formula is C17H15F3N4OS. The minimum absolute atomic E-state index is 0.109. The number of aromatic nitrogens is 2. The average molecular weight is 380 g/mol. The minimum atomic E-state index is -4.41. The van der Waals surface area contributed by atoms with Crippen LogP contribution in [0, 0.1) is 6.92 Å². The van der Waals surface area contributed by atoms with E-state index in [9.17, 15) is 13.2 Å². The lowest BCUT2D eigenvalue weighted by Crippen LogP contribution is -2.19. The normalized spacial score (nSPS) is 11.4. The highest BCUT2D eigenvalue weighted by Gasteiger charge is 2.29. The van der Waals surface area contributed by atoms with Crippen LogP contribution in [0.15, 0.2) is 42.6 Å². The summed E-state index contributed by atoms with van der Waals surface area (Å²) in [6.45, 7) is 0.272. The number of thiazole rings is 1. The fourth-order valence-electron chi connectivity index (χ4n) is 2.26. The third-order valence-corrected chi connectivity index (χ3v) is 4.43. The Hall–Kier alpha value is -2.81. The number of nitrogens with zero attached hydrogens (tertiary/aromatic N) is 2. The van der Waals surface area contributed by atoms with Gasteiger partial charge in [-0.3, -0.25) is 4.98 Å². The van der Waals surface area contributed by atoms with Gasteiger partial charge in [0.05, 0.1) is 10.6 Å². The molecule has 0 radical (unpaired) electrons. The number of nitrogens with one attached hydrogen (secondary N) is 1. The maximum Gasteiger partial charge on any atom is 0.422 e. The third kappa shape index (κ3) is 4.23. The van der Waals surface area contributed by atoms with E-state index in [-0.39, 0.29) is 11.6 Å². The summed E-state index contributed by atoms with van der Waals surface area (Å²) in [5.41, 5.74) is 7.75. The predicted octanol–water partition coefficient (Wildman–Crippen LogP) is 4.78. The molecular weight excluding hydrogens is 365 g/mol. The summed E-state index contributed by atoms with van der Waals surface area (Å²) in [5.74, 6) is 0.356. The number of nitrogen functional groups attached to an aromatic ring is 1. The minimum Gasteiger partial charge on any atom is -0.484 e. The standard InChI is InChI=1S/C17H15F3N4OS/c1-10-12(25-9-17(18,19)20)7-8-22-13(10)14-15(21)24-16(26-14)23-11-5-3-2-4-6-11/h2-8H,9,21H2,1H3,(H,23,24). The number of hydrogen-bond donors (Lipinski definition) is 2. The molecule has 0 atom stereocenters. The van der Waals surface area contributed by atoms with E-state index in [1.54, 1.807) is 6.92 Å². The van der Waals surface area contributed by atoms with E-state index < -0.39 is 12.8 Å². The molecule has 0 fully saturated rings. The van der Waals surface area contributed by atoms with Crippen molar-refractivity contribution in [2.45, 2.75) is 13.1 Å². The Morgan fingerprint density at radius 1 is 1.19 bits per heavy atom. The van der Waals surface area contributed by atoms with Crippen LogP contribution in [0.1, 0.15) is 5.56 Å². The summed E-state index contributed by atoms with van der Waals surface area (Å²) < 4.78 is 42.1. The second kappa shape index (κ2) is 7.20. The van der Waals surface area contributed by atoms with Crippen molar-refractivity contribution >= 4 is 28.0 Å². The van der Waals surface area contributed by atoms with E-state index in [0.29, 0.717) is 21.3 Å². The Labute approximate surface area is 151 Å². The van der Waals surface area contributed by atoms with Gasteiger partial charge < -0.3 is 15.8 Å². The molecule has 0 unspecified atom stereocenters.